The van der Waals surface area contributed by atoms with E-state index < -0.39 is 6.17 Å². The van der Waals surface area contributed by atoms with Crippen molar-refractivity contribution in [2.45, 2.75) is 25.4 Å². The first kappa shape index (κ1) is 12.5. The third-order valence-corrected chi connectivity index (χ3v) is 4.05. The molecule has 0 aromatic carbocycles. The lowest BCUT2D eigenvalue weighted by molar-refractivity contribution is 0.0972. The zero-order valence-corrected chi connectivity index (χ0v) is 10.7. The number of halogens is 1. The Bertz CT molecular complexity index is 506. The maximum atomic E-state index is 13.6. The highest BCUT2D eigenvalue weighted by Crippen LogP contribution is 2.28. The van der Waals surface area contributed by atoms with E-state index in [-0.39, 0.29) is 24.9 Å². The Balaban J connectivity index is 1.85. The first-order chi connectivity index (χ1) is 9.19. The van der Waals surface area contributed by atoms with Crippen LogP contribution in [-0.4, -0.2) is 41.7 Å². The lowest BCUT2D eigenvalue weighted by Crippen LogP contribution is -2.23. The largest absolute Gasteiger partial charge is 0.396 e. The van der Waals surface area contributed by atoms with Gasteiger partial charge >= 0.3 is 0 Å². The number of hydrogen-bond acceptors (Lipinski definition) is 4. The first-order valence-corrected chi connectivity index (χ1v) is 6.71. The topological polar surface area (TPSA) is 53.4 Å². The van der Waals surface area contributed by atoms with Crippen LogP contribution in [0.4, 0.5) is 10.2 Å². The molecule has 0 bridgehead atoms. The molecule has 1 aromatic heterocycles. The minimum Gasteiger partial charge on any atom is -0.396 e. The summed E-state index contributed by atoms with van der Waals surface area (Å²) in [7, 11) is 0. The molecule has 2 atom stereocenters. The quantitative estimate of drug-likeness (QED) is 0.876. The van der Waals surface area contributed by atoms with Crippen LogP contribution in [0.3, 0.4) is 0 Å². The number of carbonyl (C=O) groups excluding carboxylic acids is 1. The number of nitrogens with zero attached hydrogens (tertiary/aromatic N) is 2. The molecule has 1 saturated heterocycles. The monoisotopic (exact) mass is 264 g/mol. The second-order valence-electron chi connectivity index (χ2n) is 5.34. The number of anilines is 1. The third-order valence-electron chi connectivity index (χ3n) is 4.05. The van der Waals surface area contributed by atoms with Gasteiger partial charge in [0, 0.05) is 30.6 Å². The van der Waals surface area contributed by atoms with E-state index in [4.69, 9.17) is 5.11 Å². The van der Waals surface area contributed by atoms with Gasteiger partial charge in [-0.1, -0.05) is 0 Å². The van der Waals surface area contributed by atoms with Gasteiger partial charge in [-0.15, -0.1) is 0 Å². The van der Waals surface area contributed by atoms with Gasteiger partial charge < -0.3 is 10.0 Å². The van der Waals surface area contributed by atoms with Crippen molar-refractivity contribution in [1.29, 1.82) is 0 Å². The number of aliphatic hydroxyl groups is 1. The van der Waals surface area contributed by atoms with Crippen LogP contribution in [0, 0.1) is 5.92 Å². The number of aromatic nitrogens is 1. The van der Waals surface area contributed by atoms with Crippen molar-refractivity contribution in [2.75, 3.05) is 24.6 Å². The van der Waals surface area contributed by atoms with Gasteiger partial charge in [0.2, 0.25) is 0 Å². The third kappa shape index (κ3) is 2.23. The van der Waals surface area contributed by atoms with Gasteiger partial charge in [-0.05, 0) is 24.5 Å². The average Bonchev–Trinajstić information content (AvgIpc) is 2.80. The van der Waals surface area contributed by atoms with E-state index in [1.54, 1.807) is 6.20 Å². The summed E-state index contributed by atoms with van der Waals surface area (Å²) in [5.74, 6) is 0.532. The van der Waals surface area contributed by atoms with Gasteiger partial charge in [0.25, 0.3) is 0 Å². The molecule has 2 aliphatic rings. The van der Waals surface area contributed by atoms with E-state index in [0.29, 0.717) is 24.3 Å². The van der Waals surface area contributed by atoms with Gasteiger partial charge in [-0.2, -0.15) is 0 Å². The van der Waals surface area contributed by atoms with Crippen LogP contribution in [0.5, 0.6) is 0 Å². The maximum absolute atomic E-state index is 13.6. The molecule has 0 saturated carbocycles. The van der Waals surface area contributed by atoms with Gasteiger partial charge in [0.05, 0.1) is 13.2 Å². The highest BCUT2D eigenvalue weighted by molar-refractivity contribution is 5.98. The van der Waals surface area contributed by atoms with E-state index in [1.807, 2.05) is 11.0 Å². The van der Waals surface area contributed by atoms with Crippen LogP contribution >= 0.6 is 0 Å². The molecule has 1 aliphatic heterocycles. The Hall–Kier alpha value is -1.49. The summed E-state index contributed by atoms with van der Waals surface area (Å²) in [5.41, 5.74) is 1.73. The Labute approximate surface area is 111 Å². The van der Waals surface area contributed by atoms with Crippen LogP contribution in [0.15, 0.2) is 12.3 Å². The summed E-state index contributed by atoms with van der Waals surface area (Å²) < 4.78 is 13.6. The van der Waals surface area contributed by atoms with Crippen molar-refractivity contribution < 1.29 is 14.3 Å². The molecule has 1 fully saturated rings. The van der Waals surface area contributed by atoms with Crippen LogP contribution in [-0.2, 0) is 6.42 Å². The number of rotatable bonds is 2. The van der Waals surface area contributed by atoms with Crippen molar-refractivity contribution in [2.24, 2.45) is 5.92 Å². The zero-order chi connectivity index (χ0) is 13.4. The Morgan fingerprint density at radius 1 is 1.42 bits per heavy atom. The number of pyridine rings is 1. The molecule has 0 unspecified atom stereocenters. The molecule has 4 nitrogen and oxygen atoms in total. The summed E-state index contributed by atoms with van der Waals surface area (Å²) in [4.78, 5) is 17.9. The molecule has 1 N–H and O–H groups in total. The van der Waals surface area contributed by atoms with E-state index in [1.165, 1.54) is 0 Å². The van der Waals surface area contributed by atoms with Crippen LogP contribution < -0.4 is 4.90 Å². The number of carbonyl (C=O) groups is 1. The molecule has 19 heavy (non-hydrogen) atoms. The van der Waals surface area contributed by atoms with E-state index in [9.17, 15) is 9.18 Å². The number of alkyl halides is 1. The van der Waals surface area contributed by atoms with Crippen LogP contribution in [0.1, 0.15) is 28.8 Å². The predicted octanol–water partition coefficient (Wildman–Crippen LogP) is 1.37. The summed E-state index contributed by atoms with van der Waals surface area (Å²) in [6.07, 6.45) is 2.96. The first-order valence-electron chi connectivity index (χ1n) is 6.71. The molecule has 0 radical (unpaired) electrons. The molecule has 0 amide bonds. The fourth-order valence-electron chi connectivity index (χ4n) is 2.88. The van der Waals surface area contributed by atoms with E-state index in [0.717, 1.165) is 18.4 Å². The minimum absolute atomic E-state index is 0.138. The Morgan fingerprint density at radius 2 is 2.26 bits per heavy atom. The molecule has 3 rings (SSSR count). The molecule has 0 spiro atoms. The fourth-order valence-corrected chi connectivity index (χ4v) is 2.88. The molecule has 1 aromatic rings. The number of fused-ring (bicyclic) bond motifs is 1. The standard InChI is InChI=1S/C14H17FN2O2/c15-12-7-17(6-10(12)8-18)14-4-9-2-1-3-13(19)11(9)5-16-14/h4-5,10,12,18H,1-3,6-8H2/t10-,12+/m0/s1. The van der Waals surface area contributed by atoms with Gasteiger partial charge in [-0.25, -0.2) is 9.37 Å². The lowest BCUT2D eigenvalue weighted by atomic mass is 9.92. The van der Waals surface area contributed by atoms with Crippen molar-refractivity contribution in [3.05, 3.63) is 23.4 Å². The predicted molar refractivity (Wildman–Crippen MR) is 69.2 cm³/mol. The van der Waals surface area contributed by atoms with Crippen LogP contribution in [0.25, 0.3) is 0 Å². The molecule has 1 aliphatic carbocycles. The summed E-state index contributed by atoms with van der Waals surface area (Å²) >= 11 is 0. The second kappa shape index (κ2) is 4.89. The lowest BCUT2D eigenvalue weighted by Gasteiger charge is -2.20. The van der Waals surface area contributed by atoms with Crippen LogP contribution in [0.2, 0.25) is 0 Å². The summed E-state index contributed by atoms with van der Waals surface area (Å²) in [6, 6.07) is 1.90. The van der Waals surface area contributed by atoms with E-state index >= 15 is 0 Å². The number of aryl methyl sites for hydroxylation is 1. The molecule has 2 heterocycles. The SMILES string of the molecule is O=C1CCCc2cc(N3C[C@@H](CO)[C@H](F)C3)ncc21. The van der Waals surface area contributed by atoms with Crippen molar-refractivity contribution >= 4 is 11.6 Å². The number of Topliss-reactive ketones (excluding diaryl/α,β-unsaturated/α-hetero) is 1. The number of hydrogen-bond donors (Lipinski definition) is 1. The second-order valence-corrected chi connectivity index (χ2v) is 5.34. The summed E-state index contributed by atoms with van der Waals surface area (Å²) in [5, 5.41) is 9.10. The molecular formula is C14H17FN2O2. The highest BCUT2D eigenvalue weighted by Gasteiger charge is 2.33. The van der Waals surface area contributed by atoms with Crippen molar-refractivity contribution in [3.8, 4) is 0 Å². The average molecular weight is 264 g/mol. The Morgan fingerprint density at radius 3 is 3.00 bits per heavy atom. The van der Waals surface area contributed by atoms with Gasteiger partial charge in [-0.3, -0.25) is 4.79 Å². The molecule has 5 heteroatoms. The smallest absolute Gasteiger partial charge is 0.164 e. The van der Waals surface area contributed by atoms with Crippen molar-refractivity contribution in [1.82, 2.24) is 4.98 Å². The molecule has 102 valence electrons. The minimum atomic E-state index is -1.01. The highest BCUT2D eigenvalue weighted by atomic mass is 19.1. The summed E-state index contributed by atoms with van der Waals surface area (Å²) in [6.45, 7) is 0.615. The Kier molecular flexibility index (Phi) is 3.22. The number of ketones is 1. The van der Waals surface area contributed by atoms with Gasteiger partial charge in [0.1, 0.15) is 12.0 Å². The number of aliphatic hydroxyl groups excluding tert-OH is 1. The van der Waals surface area contributed by atoms with E-state index in [2.05, 4.69) is 4.98 Å². The normalized spacial score (nSPS) is 26.6. The maximum Gasteiger partial charge on any atom is 0.164 e. The fraction of sp³-hybridized carbons (Fsp3) is 0.571. The van der Waals surface area contributed by atoms with Crippen molar-refractivity contribution in [3.63, 3.8) is 0 Å². The van der Waals surface area contributed by atoms with Gasteiger partial charge in [0.15, 0.2) is 5.78 Å². The zero-order valence-electron chi connectivity index (χ0n) is 10.7. The molecular weight excluding hydrogens is 247 g/mol.